The number of furan rings is 1. The van der Waals surface area contributed by atoms with E-state index in [1.165, 1.54) is 39.2 Å². The zero-order chi connectivity index (χ0) is 26.2. The van der Waals surface area contributed by atoms with E-state index in [-0.39, 0.29) is 23.9 Å². The van der Waals surface area contributed by atoms with Crippen molar-refractivity contribution in [1.29, 1.82) is 0 Å². The minimum absolute atomic E-state index is 0.0973. The number of esters is 1. The van der Waals surface area contributed by atoms with Crippen molar-refractivity contribution in [2.24, 2.45) is 0 Å². The molecule has 0 radical (unpaired) electrons. The van der Waals surface area contributed by atoms with Gasteiger partial charge in [-0.15, -0.1) is 0 Å². The highest BCUT2D eigenvalue weighted by Crippen LogP contribution is 2.45. The predicted molar refractivity (Wildman–Crippen MR) is 122 cm³/mol. The number of ether oxygens (including phenoxy) is 3. The molecule has 0 unspecified atom stereocenters. The second-order valence-electron chi connectivity index (χ2n) is 8.68. The van der Waals surface area contributed by atoms with E-state index in [0.29, 0.717) is 36.3 Å². The maximum Gasteiger partial charge on any atom is 0.449 e. The summed E-state index contributed by atoms with van der Waals surface area (Å²) in [5, 5.41) is 2.58. The van der Waals surface area contributed by atoms with Gasteiger partial charge in [0.25, 0.3) is 0 Å². The molecule has 2 aliphatic heterocycles. The van der Waals surface area contributed by atoms with E-state index in [9.17, 15) is 22.8 Å². The first-order valence-electron chi connectivity index (χ1n) is 11.4. The molecule has 1 fully saturated rings. The molecule has 0 aliphatic carbocycles. The van der Waals surface area contributed by atoms with Crippen molar-refractivity contribution in [1.82, 2.24) is 10.2 Å². The molecule has 2 amide bonds. The number of nitrogens with zero attached hydrogens (tertiary/aromatic N) is 1. The fourth-order valence-electron chi connectivity index (χ4n) is 5.09. The Morgan fingerprint density at radius 2 is 1.83 bits per heavy atom. The van der Waals surface area contributed by atoms with Crippen LogP contribution < -0.4 is 14.8 Å². The van der Waals surface area contributed by atoms with E-state index in [4.69, 9.17) is 18.6 Å². The summed E-state index contributed by atoms with van der Waals surface area (Å²) in [6, 6.07) is 5.21. The number of urea groups is 1. The Labute approximate surface area is 206 Å². The molecule has 0 spiro atoms. The van der Waals surface area contributed by atoms with Crippen LogP contribution in [0.15, 0.2) is 34.3 Å². The fraction of sp³-hybridized carbons (Fsp3) is 0.440. The normalized spacial score (nSPS) is 19.4. The van der Waals surface area contributed by atoms with Gasteiger partial charge in [-0.2, -0.15) is 13.2 Å². The lowest BCUT2D eigenvalue weighted by molar-refractivity contribution is -0.154. The summed E-state index contributed by atoms with van der Waals surface area (Å²) in [5.41, 5.74) is 1.68. The number of nitrogens with one attached hydrogen (secondary N) is 1. The highest BCUT2D eigenvalue weighted by Gasteiger charge is 2.47. The van der Waals surface area contributed by atoms with Crippen LogP contribution in [0.25, 0.3) is 5.57 Å². The molecule has 36 heavy (non-hydrogen) atoms. The van der Waals surface area contributed by atoms with Crippen LogP contribution in [0.5, 0.6) is 11.5 Å². The van der Waals surface area contributed by atoms with Gasteiger partial charge in [0.1, 0.15) is 5.76 Å². The standard InChI is InChI=1S/C25H27F3N2O6/c1-13-9-15(22(36-13)25(26,27)28)12-29-24(32)30-16-6-7-18(30)21(23(31)35-4)17(11-16)14-5-8-19(33-2)20(10-14)34-3/h5,8-10,16,18H,6-7,11-12H2,1-4H3,(H,29,32)/t16-,18+/m0/s1. The second kappa shape index (κ2) is 9.79. The number of methoxy groups -OCH3 is 3. The molecule has 2 atom stereocenters. The Balaban J connectivity index is 1.63. The molecule has 0 saturated carbocycles. The van der Waals surface area contributed by atoms with E-state index in [1.807, 2.05) is 6.07 Å². The summed E-state index contributed by atoms with van der Waals surface area (Å²) in [6.07, 6.45) is -3.14. The van der Waals surface area contributed by atoms with Crippen molar-refractivity contribution in [3.05, 3.63) is 52.5 Å². The molecule has 1 aromatic heterocycles. The minimum atomic E-state index is -4.67. The molecule has 11 heteroatoms. The van der Waals surface area contributed by atoms with Crippen LogP contribution in [0, 0.1) is 6.92 Å². The lowest BCUT2D eigenvalue weighted by Gasteiger charge is -2.37. The Morgan fingerprint density at radius 1 is 1.11 bits per heavy atom. The summed E-state index contributed by atoms with van der Waals surface area (Å²) < 4.78 is 60.4. The number of amides is 2. The summed E-state index contributed by atoms with van der Waals surface area (Å²) in [7, 11) is 4.31. The summed E-state index contributed by atoms with van der Waals surface area (Å²) in [5.74, 6) is -0.565. The zero-order valence-electron chi connectivity index (χ0n) is 20.3. The Hall–Kier alpha value is -3.63. The van der Waals surface area contributed by atoms with E-state index < -0.39 is 30.0 Å². The lowest BCUT2D eigenvalue weighted by atomic mass is 9.88. The number of aryl methyl sites for hydroxylation is 1. The first-order chi connectivity index (χ1) is 17.1. The monoisotopic (exact) mass is 508 g/mol. The zero-order valence-corrected chi connectivity index (χ0v) is 20.3. The number of fused-ring (bicyclic) bond motifs is 2. The van der Waals surface area contributed by atoms with Crippen LogP contribution in [0.3, 0.4) is 0 Å². The quantitative estimate of drug-likeness (QED) is 0.569. The number of carbonyl (C=O) groups is 2. The van der Waals surface area contributed by atoms with E-state index >= 15 is 0 Å². The topological polar surface area (TPSA) is 90.2 Å². The van der Waals surface area contributed by atoms with Gasteiger partial charge in [-0.05, 0) is 55.5 Å². The highest BCUT2D eigenvalue weighted by molar-refractivity contribution is 6.01. The molecular weight excluding hydrogens is 481 g/mol. The third kappa shape index (κ3) is 4.61. The van der Waals surface area contributed by atoms with Gasteiger partial charge in [0.15, 0.2) is 11.5 Å². The molecule has 2 bridgehead atoms. The number of rotatable bonds is 6. The van der Waals surface area contributed by atoms with E-state index in [2.05, 4.69) is 5.32 Å². The van der Waals surface area contributed by atoms with Crippen molar-refractivity contribution in [2.45, 2.75) is 51.0 Å². The number of benzene rings is 1. The Morgan fingerprint density at radius 3 is 2.47 bits per heavy atom. The van der Waals surface area contributed by atoms with Crippen molar-refractivity contribution in [3.8, 4) is 11.5 Å². The molecule has 2 aliphatic rings. The highest BCUT2D eigenvalue weighted by atomic mass is 19.4. The average Bonchev–Trinajstić information content (AvgIpc) is 3.39. The first kappa shape index (κ1) is 25.5. The first-order valence-corrected chi connectivity index (χ1v) is 11.4. The fourth-order valence-corrected chi connectivity index (χ4v) is 5.09. The molecule has 8 nitrogen and oxygen atoms in total. The van der Waals surface area contributed by atoms with E-state index in [0.717, 1.165) is 11.1 Å². The number of hydrogen-bond acceptors (Lipinski definition) is 6. The molecule has 1 saturated heterocycles. The van der Waals surface area contributed by atoms with Gasteiger partial charge in [0.05, 0.1) is 32.9 Å². The van der Waals surface area contributed by atoms with Gasteiger partial charge < -0.3 is 28.8 Å². The van der Waals surface area contributed by atoms with Crippen LogP contribution in [0.1, 0.15) is 41.9 Å². The minimum Gasteiger partial charge on any atom is -0.493 e. The molecular formula is C25H27F3N2O6. The van der Waals surface area contributed by atoms with Crippen molar-refractivity contribution >= 4 is 17.6 Å². The van der Waals surface area contributed by atoms with Crippen molar-refractivity contribution in [2.75, 3.05) is 21.3 Å². The maximum atomic E-state index is 13.3. The SMILES string of the molecule is COC(=O)C1=C(c2ccc(OC)c(OC)c2)C[C@@H]2CC[C@H]1N2C(=O)NCc1cc(C)oc1C(F)(F)F. The van der Waals surface area contributed by atoms with Gasteiger partial charge >= 0.3 is 18.2 Å². The number of halogens is 3. The number of hydrogen-bond donors (Lipinski definition) is 1. The molecule has 1 aromatic carbocycles. The Bertz CT molecular complexity index is 1200. The van der Waals surface area contributed by atoms with Gasteiger partial charge in [-0.1, -0.05) is 6.07 Å². The van der Waals surface area contributed by atoms with Gasteiger partial charge in [-0.3, -0.25) is 0 Å². The van der Waals surface area contributed by atoms with Crippen LogP contribution in [-0.2, 0) is 22.3 Å². The van der Waals surface area contributed by atoms with Crippen LogP contribution in [0.2, 0.25) is 0 Å². The lowest BCUT2D eigenvalue weighted by Crippen LogP contribution is -2.50. The predicted octanol–water partition coefficient (Wildman–Crippen LogP) is 4.70. The summed E-state index contributed by atoms with van der Waals surface area (Å²) >= 11 is 0. The molecule has 4 rings (SSSR count). The van der Waals surface area contributed by atoms with Gasteiger partial charge in [0.2, 0.25) is 5.76 Å². The third-order valence-electron chi connectivity index (χ3n) is 6.59. The van der Waals surface area contributed by atoms with E-state index in [1.54, 1.807) is 12.1 Å². The van der Waals surface area contributed by atoms with Crippen LogP contribution >= 0.6 is 0 Å². The van der Waals surface area contributed by atoms with Gasteiger partial charge in [0, 0.05) is 18.2 Å². The third-order valence-corrected chi connectivity index (χ3v) is 6.59. The smallest absolute Gasteiger partial charge is 0.449 e. The Kier molecular flexibility index (Phi) is 6.92. The van der Waals surface area contributed by atoms with Crippen molar-refractivity contribution in [3.63, 3.8) is 0 Å². The summed E-state index contributed by atoms with van der Waals surface area (Å²) in [6.45, 7) is 1.05. The molecule has 3 heterocycles. The average molecular weight is 508 g/mol. The molecule has 194 valence electrons. The maximum absolute atomic E-state index is 13.3. The second-order valence-corrected chi connectivity index (χ2v) is 8.68. The van der Waals surface area contributed by atoms with Crippen LogP contribution in [0.4, 0.5) is 18.0 Å². The number of carbonyl (C=O) groups excluding carboxylic acids is 2. The number of alkyl halides is 3. The molecule has 2 aromatic rings. The summed E-state index contributed by atoms with van der Waals surface area (Å²) in [4.78, 5) is 27.6. The van der Waals surface area contributed by atoms with Crippen LogP contribution in [-0.4, -0.2) is 50.3 Å². The van der Waals surface area contributed by atoms with Crippen molar-refractivity contribution < 1.29 is 41.4 Å². The van der Waals surface area contributed by atoms with Gasteiger partial charge in [-0.25, -0.2) is 9.59 Å². The molecule has 1 N–H and O–H groups in total. The largest absolute Gasteiger partial charge is 0.493 e.